The first kappa shape index (κ1) is 20.6. The first-order valence-corrected chi connectivity index (χ1v) is 10.1. The second-order valence-electron chi connectivity index (χ2n) is 6.63. The Balaban J connectivity index is 1.72. The van der Waals surface area contributed by atoms with Gasteiger partial charge in [0.05, 0.1) is 12.2 Å². The van der Waals surface area contributed by atoms with E-state index in [-0.39, 0.29) is 5.97 Å². The lowest BCUT2D eigenvalue weighted by atomic mass is 10.00. The number of rotatable bonds is 8. The minimum absolute atomic E-state index is 0.318. The standard InChI is InChI=1S/C20H31N3O2S/c1-3-18-11-5-6-13-23(18)14-8-12-21-20(26)22-17-10-7-9-16(15-17)19(24)25-4-2/h7,9-10,15,18H,3-6,8,11-14H2,1-2H3,(H2,21,22,26)/t18-/m1/s1. The molecule has 1 aromatic rings. The fourth-order valence-corrected chi connectivity index (χ4v) is 3.63. The van der Waals surface area contributed by atoms with Crippen LogP contribution < -0.4 is 10.6 Å². The van der Waals surface area contributed by atoms with Crippen LogP contribution in [-0.4, -0.2) is 48.3 Å². The van der Waals surface area contributed by atoms with Crippen LogP contribution >= 0.6 is 12.2 Å². The van der Waals surface area contributed by atoms with Crippen LogP contribution in [0, 0.1) is 0 Å². The van der Waals surface area contributed by atoms with Crippen molar-refractivity contribution in [2.75, 3.05) is 31.6 Å². The molecule has 1 saturated heterocycles. The second-order valence-corrected chi connectivity index (χ2v) is 7.04. The van der Waals surface area contributed by atoms with Gasteiger partial charge in [0.15, 0.2) is 5.11 Å². The van der Waals surface area contributed by atoms with Crippen LogP contribution in [0.25, 0.3) is 0 Å². The molecule has 144 valence electrons. The predicted molar refractivity (Wildman–Crippen MR) is 111 cm³/mol. The summed E-state index contributed by atoms with van der Waals surface area (Å²) in [5, 5.41) is 6.97. The number of likely N-dealkylation sites (tertiary alicyclic amines) is 1. The number of piperidine rings is 1. The number of esters is 1. The van der Waals surface area contributed by atoms with Crippen LogP contribution in [0.3, 0.4) is 0 Å². The molecule has 6 heteroatoms. The smallest absolute Gasteiger partial charge is 0.338 e. The van der Waals surface area contributed by atoms with Crippen LogP contribution in [0.2, 0.25) is 0 Å². The molecule has 0 amide bonds. The maximum atomic E-state index is 11.8. The Morgan fingerprint density at radius 1 is 1.35 bits per heavy atom. The van der Waals surface area contributed by atoms with E-state index >= 15 is 0 Å². The zero-order valence-electron chi connectivity index (χ0n) is 15.9. The number of carbonyl (C=O) groups excluding carboxylic acids is 1. The normalized spacial score (nSPS) is 17.5. The van der Waals surface area contributed by atoms with Gasteiger partial charge in [-0.3, -0.25) is 0 Å². The molecule has 0 radical (unpaired) electrons. The largest absolute Gasteiger partial charge is 0.462 e. The van der Waals surface area contributed by atoms with Gasteiger partial charge in [0.2, 0.25) is 0 Å². The molecule has 1 heterocycles. The summed E-state index contributed by atoms with van der Waals surface area (Å²) in [4.78, 5) is 14.4. The number of hydrogen-bond acceptors (Lipinski definition) is 4. The molecule has 1 atom stereocenters. The molecule has 1 fully saturated rings. The van der Waals surface area contributed by atoms with Crippen molar-refractivity contribution in [2.45, 2.75) is 52.0 Å². The van der Waals surface area contributed by atoms with Gasteiger partial charge in [-0.2, -0.15) is 0 Å². The van der Waals surface area contributed by atoms with Crippen LogP contribution in [0.15, 0.2) is 24.3 Å². The molecule has 5 nitrogen and oxygen atoms in total. The lowest BCUT2D eigenvalue weighted by Gasteiger charge is -2.35. The first-order chi connectivity index (χ1) is 12.6. The summed E-state index contributed by atoms with van der Waals surface area (Å²) in [7, 11) is 0. The molecule has 0 saturated carbocycles. The monoisotopic (exact) mass is 377 g/mol. The Bertz CT molecular complexity index is 594. The van der Waals surface area contributed by atoms with Crippen molar-refractivity contribution < 1.29 is 9.53 Å². The maximum absolute atomic E-state index is 11.8. The lowest BCUT2D eigenvalue weighted by Crippen LogP contribution is -2.40. The number of benzene rings is 1. The van der Waals surface area contributed by atoms with Crippen molar-refractivity contribution in [3.05, 3.63) is 29.8 Å². The van der Waals surface area contributed by atoms with Crippen LogP contribution in [-0.2, 0) is 4.74 Å². The van der Waals surface area contributed by atoms with E-state index in [9.17, 15) is 4.79 Å². The molecule has 0 spiro atoms. The SMILES string of the molecule is CCOC(=O)c1cccc(NC(=S)NCCCN2CCCC[C@H]2CC)c1. The molecule has 0 unspecified atom stereocenters. The van der Waals surface area contributed by atoms with E-state index in [1.165, 1.54) is 32.2 Å². The summed E-state index contributed by atoms with van der Waals surface area (Å²) in [6, 6.07) is 7.95. The van der Waals surface area contributed by atoms with Gasteiger partial charge in [0.1, 0.15) is 0 Å². The fraction of sp³-hybridized carbons (Fsp3) is 0.600. The van der Waals surface area contributed by atoms with E-state index in [0.29, 0.717) is 17.3 Å². The number of nitrogens with zero attached hydrogens (tertiary/aromatic N) is 1. The highest BCUT2D eigenvalue weighted by Gasteiger charge is 2.19. The second kappa shape index (κ2) is 11.1. The molecule has 1 aliphatic heterocycles. The number of carbonyl (C=O) groups is 1. The van der Waals surface area contributed by atoms with Gasteiger partial charge in [-0.25, -0.2) is 4.79 Å². The number of hydrogen-bond donors (Lipinski definition) is 2. The van der Waals surface area contributed by atoms with Gasteiger partial charge in [-0.15, -0.1) is 0 Å². The first-order valence-electron chi connectivity index (χ1n) is 9.70. The number of thiocarbonyl (C=S) groups is 1. The Hall–Kier alpha value is -1.66. The third kappa shape index (κ3) is 6.57. The molecule has 0 bridgehead atoms. The van der Waals surface area contributed by atoms with E-state index in [0.717, 1.165) is 31.2 Å². The number of ether oxygens (including phenoxy) is 1. The topological polar surface area (TPSA) is 53.6 Å². The van der Waals surface area contributed by atoms with Crippen molar-refractivity contribution >= 4 is 29.0 Å². The summed E-state index contributed by atoms with van der Waals surface area (Å²) < 4.78 is 5.02. The lowest BCUT2D eigenvalue weighted by molar-refractivity contribution is 0.0526. The highest BCUT2D eigenvalue weighted by atomic mass is 32.1. The van der Waals surface area contributed by atoms with E-state index in [1.54, 1.807) is 19.1 Å². The highest BCUT2D eigenvalue weighted by molar-refractivity contribution is 7.80. The minimum atomic E-state index is -0.318. The van der Waals surface area contributed by atoms with Crippen LogP contribution in [0.4, 0.5) is 5.69 Å². The zero-order chi connectivity index (χ0) is 18.8. The summed E-state index contributed by atoms with van der Waals surface area (Å²) in [5.74, 6) is -0.318. The Morgan fingerprint density at radius 2 is 2.19 bits per heavy atom. The predicted octanol–water partition coefficient (Wildman–Crippen LogP) is 3.80. The van der Waals surface area contributed by atoms with Gasteiger partial charge in [0, 0.05) is 24.8 Å². The Kier molecular flexibility index (Phi) is 8.85. The van der Waals surface area contributed by atoms with Crippen molar-refractivity contribution in [1.29, 1.82) is 0 Å². The van der Waals surface area contributed by atoms with Gasteiger partial charge >= 0.3 is 5.97 Å². The highest BCUT2D eigenvalue weighted by Crippen LogP contribution is 2.19. The van der Waals surface area contributed by atoms with Crippen molar-refractivity contribution in [3.63, 3.8) is 0 Å². The maximum Gasteiger partial charge on any atom is 0.338 e. The Morgan fingerprint density at radius 3 is 2.96 bits per heavy atom. The molecule has 0 aromatic heterocycles. The molecule has 2 N–H and O–H groups in total. The van der Waals surface area contributed by atoms with E-state index in [2.05, 4.69) is 22.5 Å². The van der Waals surface area contributed by atoms with Crippen molar-refractivity contribution in [2.24, 2.45) is 0 Å². The summed E-state index contributed by atoms with van der Waals surface area (Å²) in [6.45, 7) is 7.63. The fourth-order valence-electron chi connectivity index (χ4n) is 3.41. The molecule has 1 aliphatic rings. The third-order valence-corrected chi connectivity index (χ3v) is 5.01. The van der Waals surface area contributed by atoms with Crippen LogP contribution in [0.1, 0.15) is 56.3 Å². The molecule has 2 rings (SSSR count). The number of nitrogens with one attached hydrogen (secondary N) is 2. The van der Waals surface area contributed by atoms with E-state index in [4.69, 9.17) is 17.0 Å². The molecular formula is C20H31N3O2S. The third-order valence-electron chi connectivity index (χ3n) is 4.76. The molecule has 26 heavy (non-hydrogen) atoms. The Labute approximate surface area is 162 Å². The van der Waals surface area contributed by atoms with Gasteiger partial charge in [0.25, 0.3) is 0 Å². The molecular weight excluding hydrogens is 346 g/mol. The molecule has 0 aliphatic carbocycles. The van der Waals surface area contributed by atoms with Gasteiger partial charge < -0.3 is 20.3 Å². The van der Waals surface area contributed by atoms with E-state index < -0.39 is 0 Å². The van der Waals surface area contributed by atoms with E-state index in [1.807, 2.05) is 12.1 Å². The summed E-state index contributed by atoms with van der Waals surface area (Å²) in [6.07, 6.45) is 6.33. The van der Waals surface area contributed by atoms with Gasteiger partial charge in [-0.05, 0) is 69.6 Å². The summed E-state index contributed by atoms with van der Waals surface area (Å²) in [5.41, 5.74) is 1.31. The quantitative estimate of drug-likeness (QED) is 0.408. The van der Waals surface area contributed by atoms with Crippen molar-refractivity contribution in [1.82, 2.24) is 10.2 Å². The zero-order valence-corrected chi connectivity index (χ0v) is 16.7. The summed E-state index contributed by atoms with van der Waals surface area (Å²) >= 11 is 5.36. The minimum Gasteiger partial charge on any atom is -0.462 e. The van der Waals surface area contributed by atoms with Crippen molar-refractivity contribution in [3.8, 4) is 0 Å². The average molecular weight is 378 g/mol. The number of anilines is 1. The average Bonchev–Trinajstić information content (AvgIpc) is 2.66. The molecule has 1 aromatic carbocycles. The van der Waals surface area contributed by atoms with Gasteiger partial charge in [-0.1, -0.05) is 19.4 Å². The van der Waals surface area contributed by atoms with Crippen LogP contribution in [0.5, 0.6) is 0 Å².